The number of hydrogen-bond donors (Lipinski definition) is 4. The Kier molecular flexibility index (Phi) is 23.7. The lowest BCUT2D eigenvalue weighted by atomic mass is 9.71. The average molecular weight is 860 g/mol. The van der Waals surface area contributed by atoms with Crippen molar-refractivity contribution in [2.75, 3.05) is 52.4 Å². The Morgan fingerprint density at radius 2 is 0.400 bits per heavy atom. The van der Waals surface area contributed by atoms with E-state index in [0.29, 0.717) is 0 Å². The molecule has 0 bridgehead atoms. The molecule has 8 nitrogen and oxygen atoms in total. The summed E-state index contributed by atoms with van der Waals surface area (Å²) in [6.45, 7) is 69.9. The van der Waals surface area contributed by atoms with E-state index in [1.165, 1.54) is 0 Å². The third-order valence-electron chi connectivity index (χ3n) is 14.8. The minimum atomic E-state index is -0.953. The standard InChI is InChI=1S/C46H96N4O4.3C2H6/c1-35(2)29-36(3,4)32-48(40(11,12)44(19,20)52)27-28-50(42(15,16)46(23,24)54)34-38(7,8)30-37(5,6)33-49(41(13,14)45(21,22)53)26-25-47(31-35)39(9,10)43(17,18)51;3*1-2/h51-54H,25-34H2,1-24H3;3*1-2H3. The highest BCUT2D eigenvalue weighted by atomic mass is 16.3. The van der Waals surface area contributed by atoms with E-state index in [4.69, 9.17) is 0 Å². The summed E-state index contributed by atoms with van der Waals surface area (Å²) >= 11 is 0. The van der Waals surface area contributed by atoms with Crippen LogP contribution in [0.3, 0.4) is 0 Å². The highest BCUT2D eigenvalue weighted by Crippen LogP contribution is 2.43. The Morgan fingerprint density at radius 1 is 0.283 bits per heavy atom. The summed E-state index contributed by atoms with van der Waals surface area (Å²) < 4.78 is 0. The fourth-order valence-electron chi connectivity index (χ4n) is 9.14. The fraction of sp³-hybridized carbons (Fsp3) is 1.00. The van der Waals surface area contributed by atoms with Crippen LogP contribution >= 0.6 is 0 Å². The van der Waals surface area contributed by atoms with Crippen LogP contribution in [0.2, 0.25) is 0 Å². The van der Waals surface area contributed by atoms with Gasteiger partial charge in [0.05, 0.1) is 22.4 Å². The molecular formula is C52H114N4O4. The summed E-state index contributed by atoms with van der Waals surface area (Å²) in [5.74, 6) is 0. The number of rotatable bonds is 8. The molecule has 60 heavy (non-hydrogen) atoms. The third kappa shape index (κ3) is 17.9. The van der Waals surface area contributed by atoms with Crippen molar-refractivity contribution in [2.24, 2.45) is 21.7 Å². The Balaban J connectivity index is -0.00000516. The van der Waals surface area contributed by atoms with Gasteiger partial charge in [-0.25, -0.2) is 0 Å². The van der Waals surface area contributed by atoms with E-state index in [-0.39, 0.29) is 21.7 Å². The van der Waals surface area contributed by atoms with E-state index < -0.39 is 44.6 Å². The molecule has 0 unspecified atom stereocenters. The Labute approximate surface area is 378 Å². The second-order valence-electron chi connectivity index (χ2n) is 25.2. The molecule has 0 atom stereocenters. The molecule has 0 aromatic carbocycles. The van der Waals surface area contributed by atoms with Crippen molar-refractivity contribution in [3.63, 3.8) is 0 Å². The van der Waals surface area contributed by atoms with Crippen LogP contribution in [-0.2, 0) is 0 Å². The number of aliphatic hydroxyl groups is 4. The van der Waals surface area contributed by atoms with Crippen molar-refractivity contribution in [1.82, 2.24) is 19.6 Å². The van der Waals surface area contributed by atoms with Crippen LogP contribution in [0, 0.1) is 21.7 Å². The lowest BCUT2D eigenvalue weighted by molar-refractivity contribution is -0.118. The minimum Gasteiger partial charge on any atom is -0.389 e. The molecular weight excluding hydrogens is 745 g/mol. The first kappa shape index (κ1) is 64.0. The van der Waals surface area contributed by atoms with Gasteiger partial charge in [-0.05, 0) is 145 Å². The van der Waals surface area contributed by atoms with Crippen molar-refractivity contribution in [1.29, 1.82) is 0 Å². The molecule has 8 heteroatoms. The van der Waals surface area contributed by atoms with E-state index in [0.717, 1.165) is 65.2 Å². The summed E-state index contributed by atoms with van der Waals surface area (Å²) in [5, 5.41) is 46.6. The molecule has 0 spiro atoms. The molecule has 1 fully saturated rings. The lowest BCUT2D eigenvalue weighted by Gasteiger charge is -2.55. The molecule has 0 saturated carbocycles. The number of nitrogens with zero attached hydrogens (tertiary/aromatic N) is 4. The van der Waals surface area contributed by atoms with Crippen molar-refractivity contribution in [2.45, 2.75) is 265 Å². The normalized spacial score (nSPS) is 22.1. The SMILES string of the molecule is CC.CC.CC.CC1(C)CN(C(C)(C)C(C)(C)O)CCN(C(C)(C)C(C)(C)O)CC(C)(C)CC(C)(C)CN(C(C)(C)C(C)(C)O)CCN(C(C)(C)C(C)(C)O)CC(C)(C)C1. The molecule has 1 aliphatic heterocycles. The zero-order valence-corrected chi connectivity index (χ0v) is 46.6. The van der Waals surface area contributed by atoms with Gasteiger partial charge in [0.25, 0.3) is 0 Å². The second kappa shape index (κ2) is 22.2. The average Bonchev–Trinajstić information content (AvgIpc) is 3.02. The monoisotopic (exact) mass is 859 g/mol. The first-order valence-corrected chi connectivity index (χ1v) is 24.1. The Bertz CT molecular complexity index is 1020. The molecule has 1 heterocycles. The molecule has 1 aliphatic rings. The zero-order valence-electron chi connectivity index (χ0n) is 46.6. The molecule has 366 valence electrons. The molecule has 1 rings (SSSR count). The molecule has 0 aliphatic carbocycles. The number of hydrogen-bond acceptors (Lipinski definition) is 8. The quantitative estimate of drug-likeness (QED) is 0.192. The predicted octanol–water partition coefficient (Wildman–Crippen LogP) is 11.4. The van der Waals surface area contributed by atoms with Gasteiger partial charge in [0.15, 0.2) is 0 Å². The van der Waals surface area contributed by atoms with E-state index in [2.05, 4.69) is 130 Å². The van der Waals surface area contributed by atoms with E-state index in [1.807, 2.05) is 96.9 Å². The van der Waals surface area contributed by atoms with Crippen LogP contribution in [0.15, 0.2) is 0 Å². The summed E-state index contributed by atoms with van der Waals surface area (Å²) in [6.07, 6.45) is 1.88. The van der Waals surface area contributed by atoms with Crippen LogP contribution in [0.5, 0.6) is 0 Å². The van der Waals surface area contributed by atoms with Gasteiger partial charge in [0.1, 0.15) is 0 Å². The zero-order chi connectivity index (χ0) is 49.4. The maximum Gasteiger partial charge on any atom is 0.0769 e. The second-order valence-corrected chi connectivity index (χ2v) is 25.2. The van der Waals surface area contributed by atoms with E-state index >= 15 is 0 Å². The summed E-state index contributed by atoms with van der Waals surface area (Å²) in [7, 11) is 0. The van der Waals surface area contributed by atoms with E-state index in [1.54, 1.807) is 0 Å². The smallest absolute Gasteiger partial charge is 0.0769 e. The highest BCUT2D eigenvalue weighted by Gasteiger charge is 2.49. The molecule has 0 radical (unpaired) electrons. The van der Waals surface area contributed by atoms with Crippen molar-refractivity contribution in [3.05, 3.63) is 0 Å². The van der Waals surface area contributed by atoms with Gasteiger partial charge in [-0.3, -0.25) is 19.6 Å². The van der Waals surface area contributed by atoms with E-state index in [9.17, 15) is 20.4 Å². The minimum absolute atomic E-state index is 0.114. The molecule has 0 aromatic heterocycles. The van der Waals surface area contributed by atoms with Crippen LogP contribution in [0.4, 0.5) is 0 Å². The van der Waals surface area contributed by atoms with Gasteiger partial charge in [0, 0.05) is 74.5 Å². The largest absolute Gasteiger partial charge is 0.389 e. The predicted molar refractivity (Wildman–Crippen MR) is 266 cm³/mol. The van der Waals surface area contributed by atoms with Crippen LogP contribution in [-0.4, -0.2) is 137 Å². The van der Waals surface area contributed by atoms with Gasteiger partial charge in [-0.2, -0.15) is 0 Å². The fourth-order valence-corrected chi connectivity index (χ4v) is 9.14. The Morgan fingerprint density at radius 3 is 0.500 bits per heavy atom. The summed E-state index contributed by atoms with van der Waals surface area (Å²) in [4.78, 5) is 10.0. The molecule has 1 saturated heterocycles. The van der Waals surface area contributed by atoms with Crippen molar-refractivity contribution < 1.29 is 20.4 Å². The first-order chi connectivity index (χ1) is 26.2. The first-order valence-electron chi connectivity index (χ1n) is 24.1. The lowest BCUT2D eigenvalue weighted by Crippen LogP contribution is -2.65. The summed E-state index contributed by atoms with van der Waals surface area (Å²) in [5.41, 5.74) is -6.37. The third-order valence-corrected chi connectivity index (χ3v) is 14.8. The van der Waals surface area contributed by atoms with Crippen molar-refractivity contribution >= 4 is 0 Å². The van der Waals surface area contributed by atoms with Crippen LogP contribution in [0.25, 0.3) is 0 Å². The maximum atomic E-state index is 11.6. The molecule has 0 amide bonds. The molecule has 0 aromatic rings. The van der Waals surface area contributed by atoms with Gasteiger partial charge in [-0.15, -0.1) is 0 Å². The maximum absolute atomic E-state index is 11.6. The highest BCUT2D eigenvalue weighted by molar-refractivity contribution is 5.04. The van der Waals surface area contributed by atoms with Gasteiger partial charge >= 0.3 is 0 Å². The van der Waals surface area contributed by atoms with Gasteiger partial charge in [0.2, 0.25) is 0 Å². The van der Waals surface area contributed by atoms with Crippen LogP contribution < -0.4 is 0 Å². The van der Waals surface area contributed by atoms with Gasteiger partial charge < -0.3 is 20.4 Å². The Hall–Kier alpha value is -0.320. The topological polar surface area (TPSA) is 93.9 Å². The van der Waals surface area contributed by atoms with Gasteiger partial charge in [-0.1, -0.05) is 96.9 Å². The van der Waals surface area contributed by atoms with Crippen molar-refractivity contribution in [3.8, 4) is 0 Å². The molecule has 4 N–H and O–H groups in total. The van der Waals surface area contributed by atoms with Crippen LogP contribution in [0.1, 0.15) is 221 Å². The summed E-state index contributed by atoms with van der Waals surface area (Å²) in [6, 6.07) is 0.